The summed E-state index contributed by atoms with van der Waals surface area (Å²) in [5.41, 5.74) is 0.0526. The highest BCUT2D eigenvalue weighted by Crippen LogP contribution is 2.01. The summed E-state index contributed by atoms with van der Waals surface area (Å²) < 4.78 is 17.1. The Morgan fingerprint density at radius 1 is 1.75 bits per heavy atom. The van der Waals surface area contributed by atoms with Crippen molar-refractivity contribution in [2.75, 3.05) is 7.11 Å². The zero-order valence-corrected chi connectivity index (χ0v) is 6.45. The molecule has 1 aromatic rings. The molecule has 0 radical (unpaired) electrons. The second kappa shape index (κ2) is 3.75. The maximum atomic E-state index is 12.8. The molecule has 0 fully saturated rings. The monoisotopic (exact) mass is 170 g/mol. The highest BCUT2D eigenvalue weighted by atomic mass is 19.1. The number of carbonyl (C=O) groups is 1. The van der Waals surface area contributed by atoms with Crippen LogP contribution in [0.2, 0.25) is 0 Å². The second-order valence-corrected chi connectivity index (χ2v) is 2.07. The van der Waals surface area contributed by atoms with Gasteiger partial charge >= 0.3 is 5.97 Å². The van der Waals surface area contributed by atoms with Gasteiger partial charge in [-0.3, -0.25) is 4.79 Å². The van der Waals surface area contributed by atoms with E-state index < -0.39 is 11.8 Å². The summed E-state index contributed by atoms with van der Waals surface area (Å²) in [4.78, 5) is 17.7. The zero-order chi connectivity index (χ0) is 8.97. The number of ether oxygens (including phenoxy) is 1. The Bertz CT molecular complexity index is 290. The fourth-order valence-electron chi connectivity index (χ4n) is 0.677. The first-order valence-corrected chi connectivity index (χ1v) is 3.25. The van der Waals surface area contributed by atoms with Gasteiger partial charge in [0.15, 0.2) is 5.82 Å². The first-order valence-electron chi connectivity index (χ1n) is 3.25. The molecular weight excluding hydrogens is 163 g/mol. The number of hydrogen-bond donors (Lipinski definition) is 0. The smallest absolute Gasteiger partial charge is 0.311 e. The summed E-state index contributed by atoms with van der Waals surface area (Å²) >= 11 is 0. The molecule has 64 valence electrons. The largest absolute Gasteiger partial charge is 0.469 e. The molecule has 1 heterocycles. The van der Waals surface area contributed by atoms with E-state index in [1.807, 2.05) is 0 Å². The van der Waals surface area contributed by atoms with Gasteiger partial charge < -0.3 is 4.74 Å². The van der Waals surface area contributed by atoms with Crippen LogP contribution in [-0.2, 0) is 16.0 Å². The number of rotatable bonds is 2. The van der Waals surface area contributed by atoms with E-state index in [1.54, 1.807) is 0 Å². The number of carbonyl (C=O) groups excluding carboxylic acids is 1. The minimum absolute atomic E-state index is 0.0526. The average molecular weight is 170 g/mol. The van der Waals surface area contributed by atoms with Crippen LogP contribution in [0.3, 0.4) is 0 Å². The quantitative estimate of drug-likeness (QED) is 0.600. The van der Waals surface area contributed by atoms with Crippen molar-refractivity contribution in [3.05, 3.63) is 24.0 Å². The summed E-state index contributed by atoms with van der Waals surface area (Å²) in [6.07, 6.45) is 2.03. The van der Waals surface area contributed by atoms with Crippen molar-refractivity contribution in [2.45, 2.75) is 6.42 Å². The van der Waals surface area contributed by atoms with Crippen molar-refractivity contribution in [1.82, 2.24) is 9.97 Å². The van der Waals surface area contributed by atoms with Crippen LogP contribution in [0.5, 0.6) is 0 Å². The third kappa shape index (κ3) is 1.98. The molecule has 0 aliphatic carbocycles. The topological polar surface area (TPSA) is 52.1 Å². The van der Waals surface area contributed by atoms with Crippen LogP contribution in [0, 0.1) is 5.82 Å². The van der Waals surface area contributed by atoms with Crippen molar-refractivity contribution < 1.29 is 13.9 Å². The lowest BCUT2D eigenvalue weighted by atomic mass is 10.3. The van der Waals surface area contributed by atoms with Gasteiger partial charge in [0, 0.05) is 0 Å². The van der Waals surface area contributed by atoms with Gasteiger partial charge in [-0.25, -0.2) is 14.4 Å². The lowest BCUT2D eigenvalue weighted by Gasteiger charge is -1.98. The summed E-state index contributed by atoms with van der Waals surface area (Å²) in [6.45, 7) is 0. The van der Waals surface area contributed by atoms with Gasteiger partial charge in [0.05, 0.1) is 25.4 Å². The van der Waals surface area contributed by atoms with Crippen molar-refractivity contribution in [3.8, 4) is 0 Å². The number of aromatic nitrogens is 2. The Morgan fingerprint density at radius 3 is 3.08 bits per heavy atom. The molecule has 0 aromatic carbocycles. The molecule has 12 heavy (non-hydrogen) atoms. The SMILES string of the molecule is COC(=O)Cc1ncncc1F. The molecule has 0 saturated carbocycles. The molecule has 0 aliphatic rings. The van der Waals surface area contributed by atoms with Crippen LogP contribution >= 0.6 is 0 Å². The van der Waals surface area contributed by atoms with Crippen LogP contribution in [0.25, 0.3) is 0 Å². The number of halogens is 1. The van der Waals surface area contributed by atoms with E-state index in [2.05, 4.69) is 14.7 Å². The van der Waals surface area contributed by atoms with Gasteiger partial charge in [-0.15, -0.1) is 0 Å². The molecule has 0 atom stereocenters. The van der Waals surface area contributed by atoms with Gasteiger partial charge in [-0.1, -0.05) is 0 Å². The van der Waals surface area contributed by atoms with Crippen LogP contribution in [0.4, 0.5) is 4.39 Å². The average Bonchev–Trinajstić information content (AvgIpc) is 2.09. The molecule has 0 bridgehead atoms. The van der Waals surface area contributed by atoms with Gasteiger partial charge in [0.2, 0.25) is 0 Å². The first-order chi connectivity index (χ1) is 5.74. The zero-order valence-electron chi connectivity index (χ0n) is 6.45. The maximum absolute atomic E-state index is 12.8. The normalized spacial score (nSPS) is 9.50. The maximum Gasteiger partial charge on any atom is 0.311 e. The fraction of sp³-hybridized carbons (Fsp3) is 0.286. The minimum Gasteiger partial charge on any atom is -0.469 e. The molecule has 1 rings (SSSR count). The van der Waals surface area contributed by atoms with Gasteiger partial charge in [0.25, 0.3) is 0 Å². The van der Waals surface area contributed by atoms with Crippen LogP contribution in [-0.4, -0.2) is 23.0 Å². The highest BCUT2D eigenvalue weighted by molar-refractivity contribution is 5.71. The molecule has 0 N–H and O–H groups in total. The summed E-state index contributed by atoms with van der Waals surface area (Å²) in [5.74, 6) is -1.12. The van der Waals surface area contributed by atoms with Gasteiger partial charge in [-0.2, -0.15) is 0 Å². The number of methoxy groups -OCH3 is 1. The Morgan fingerprint density at radius 2 is 2.50 bits per heavy atom. The Hall–Kier alpha value is -1.52. The van der Waals surface area contributed by atoms with Crippen molar-refractivity contribution in [1.29, 1.82) is 0 Å². The van der Waals surface area contributed by atoms with E-state index in [1.165, 1.54) is 13.4 Å². The molecule has 0 aliphatic heterocycles. The predicted octanol–water partition coefficient (Wildman–Crippen LogP) is 0.331. The van der Waals surface area contributed by atoms with E-state index >= 15 is 0 Å². The number of hydrogen-bond acceptors (Lipinski definition) is 4. The summed E-state index contributed by atoms with van der Waals surface area (Å²) in [7, 11) is 1.24. The summed E-state index contributed by atoms with van der Waals surface area (Å²) in [6, 6.07) is 0. The van der Waals surface area contributed by atoms with Gasteiger partial charge in [-0.05, 0) is 0 Å². The Balaban J connectivity index is 2.75. The molecule has 0 saturated heterocycles. The second-order valence-electron chi connectivity index (χ2n) is 2.07. The lowest BCUT2D eigenvalue weighted by molar-refractivity contribution is -0.139. The van der Waals surface area contributed by atoms with E-state index in [0.29, 0.717) is 0 Å². The van der Waals surface area contributed by atoms with E-state index in [9.17, 15) is 9.18 Å². The van der Waals surface area contributed by atoms with Crippen molar-refractivity contribution in [2.24, 2.45) is 0 Å². The molecule has 0 unspecified atom stereocenters. The first kappa shape index (κ1) is 8.58. The predicted molar refractivity (Wildman–Crippen MR) is 37.7 cm³/mol. The number of nitrogens with zero attached hydrogens (tertiary/aromatic N) is 2. The molecule has 5 heteroatoms. The molecule has 4 nitrogen and oxygen atoms in total. The standard InChI is InChI=1S/C7H7FN2O2/c1-12-7(11)2-6-5(8)3-9-4-10-6/h3-4H,2H2,1H3. The van der Waals surface area contributed by atoms with E-state index in [4.69, 9.17) is 0 Å². The number of esters is 1. The van der Waals surface area contributed by atoms with E-state index in [0.717, 1.165) is 6.20 Å². The Labute approximate surface area is 68.4 Å². The van der Waals surface area contributed by atoms with E-state index in [-0.39, 0.29) is 12.1 Å². The lowest BCUT2D eigenvalue weighted by Crippen LogP contribution is -2.08. The fourth-order valence-corrected chi connectivity index (χ4v) is 0.677. The van der Waals surface area contributed by atoms with Gasteiger partial charge in [0.1, 0.15) is 6.33 Å². The molecule has 0 amide bonds. The van der Waals surface area contributed by atoms with Crippen LogP contribution in [0.1, 0.15) is 5.69 Å². The van der Waals surface area contributed by atoms with Crippen LogP contribution in [0.15, 0.2) is 12.5 Å². The minimum atomic E-state index is -0.595. The Kier molecular flexibility index (Phi) is 2.68. The van der Waals surface area contributed by atoms with Crippen molar-refractivity contribution >= 4 is 5.97 Å². The molecular formula is C7H7FN2O2. The molecule has 0 spiro atoms. The third-order valence-corrected chi connectivity index (χ3v) is 1.28. The molecule has 1 aromatic heterocycles. The highest BCUT2D eigenvalue weighted by Gasteiger charge is 2.08. The third-order valence-electron chi connectivity index (χ3n) is 1.28. The van der Waals surface area contributed by atoms with Crippen molar-refractivity contribution in [3.63, 3.8) is 0 Å². The summed E-state index contributed by atoms with van der Waals surface area (Å²) in [5, 5.41) is 0. The van der Waals surface area contributed by atoms with Crippen LogP contribution < -0.4 is 0 Å².